The molecule has 2 N–H and O–H groups in total. The molecule has 6 nitrogen and oxygen atoms in total. The first-order valence-corrected chi connectivity index (χ1v) is 6.87. The van der Waals surface area contributed by atoms with E-state index in [0.29, 0.717) is 22.5 Å². The van der Waals surface area contributed by atoms with Crippen molar-refractivity contribution in [3.63, 3.8) is 0 Å². The van der Waals surface area contributed by atoms with Crippen molar-refractivity contribution in [2.75, 3.05) is 17.7 Å². The van der Waals surface area contributed by atoms with E-state index in [0.717, 1.165) is 0 Å². The molecule has 0 heterocycles. The number of amides is 2. The molecule has 0 unspecified atom stereocenters. The predicted molar refractivity (Wildman–Crippen MR) is 86.5 cm³/mol. The van der Waals surface area contributed by atoms with Crippen molar-refractivity contribution >= 4 is 29.2 Å². The van der Waals surface area contributed by atoms with Gasteiger partial charge in [-0.1, -0.05) is 6.07 Å². The fourth-order valence-electron chi connectivity index (χ4n) is 1.95. The lowest BCUT2D eigenvalue weighted by molar-refractivity contribution is -0.114. The summed E-state index contributed by atoms with van der Waals surface area (Å²) in [6, 6.07) is 13.0. The fourth-order valence-corrected chi connectivity index (χ4v) is 1.95. The third-order valence-corrected chi connectivity index (χ3v) is 3.01. The van der Waals surface area contributed by atoms with Gasteiger partial charge in [0.2, 0.25) is 5.91 Å². The average Bonchev–Trinajstić information content (AvgIpc) is 2.54. The van der Waals surface area contributed by atoms with Gasteiger partial charge >= 0.3 is 5.97 Å². The van der Waals surface area contributed by atoms with Gasteiger partial charge in [0.15, 0.2) is 0 Å². The molecule has 0 aliphatic heterocycles. The van der Waals surface area contributed by atoms with E-state index in [4.69, 9.17) is 0 Å². The molecular weight excluding hydrogens is 296 g/mol. The van der Waals surface area contributed by atoms with Crippen molar-refractivity contribution in [2.45, 2.75) is 6.92 Å². The summed E-state index contributed by atoms with van der Waals surface area (Å²) in [5.74, 6) is -0.963. The van der Waals surface area contributed by atoms with Crippen LogP contribution in [0.15, 0.2) is 48.5 Å². The van der Waals surface area contributed by atoms with Gasteiger partial charge in [0.1, 0.15) is 0 Å². The van der Waals surface area contributed by atoms with Gasteiger partial charge in [-0.3, -0.25) is 9.59 Å². The first-order valence-electron chi connectivity index (χ1n) is 6.87. The van der Waals surface area contributed by atoms with Gasteiger partial charge in [-0.05, 0) is 42.5 Å². The molecule has 2 rings (SSSR count). The normalized spacial score (nSPS) is 9.83. The third-order valence-electron chi connectivity index (χ3n) is 3.01. The minimum absolute atomic E-state index is 0.207. The molecule has 0 spiro atoms. The highest BCUT2D eigenvalue weighted by atomic mass is 16.5. The van der Waals surface area contributed by atoms with Gasteiger partial charge in [0.25, 0.3) is 5.91 Å². The molecule has 0 saturated heterocycles. The number of esters is 1. The Morgan fingerprint density at radius 3 is 2.17 bits per heavy atom. The van der Waals surface area contributed by atoms with E-state index in [1.54, 1.807) is 48.5 Å². The maximum Gasteiger partial charge on any atom is 0.337 e. The van der Waals surface area contributed by atoms with Crippen molar-refractivity contribution in [3.05, 3.63) is 59.7 Å². The monoisotopic (exact) mass is 312 g/mol. The number of methoxy groups -OCH3 is 1. The number of anilines is 2. The van der Waals surface area contributed by atoms with Gasteiger partial charge in [-0.15, -0.1) is 0 Å². The van der Waals surface area contributed by atoms with Crippen molar-refractivity contribution in [1.82, 2.24) is 0 Å². The molecule has 0 fully saturated rings. The minimum atomic E-state index is -0.439. The number of carbonyl (C=O) groups is 3. The molecule has 23 heavy (non-hydrogen) atoms. The Hall–Kier alpha value is -3.15. The van der Waals surface area contributed by atoms with Gasteiger partial charge in [-0.2, -0.15) is 0 Å². The van der Waals surface area contributed by atoms with Crippen LogP contribution in [-0.4, -0.2) is 24.9 Å². The molecule has 0 aliphatic rings. The maximum absolute atomic E-state index is 12.2. The Morgan fingerprint density at radius 1 is 0.870 bits per heavy atom. The molecule has 2 aromatic rings. The molecular formula is C17H16N2O4. The quantitative estimate of drug-likeness (QED) is 0.850. The number of nitrogens with one attached hydrogen (secondary N) is 2. The van der Waals surface area contributed by atoms with E-state index in [-0.39, 0.29) is 11.8 Å². The summed E-state index contributed by atoms with van der Waals surface area (Å²) in [7, 11) is 1.31. The number of benzene rings is 2. The Labute approximate surface area is 133 Å². The summed E-state index contributed by atoms with van der Waals surface area (Å²) in [6.45, 7) is 1.40. The molecule has 6 heteroatoms. The molecule has 118 valence electrons. The zero-order valence-corrected chi connectivity index (χ0v) is 12.8. The van der Waals surface area contributed by atoms with Crippen molar-refractivity contribution in [1.29, 1.82) is 0 Å². The van der Waals surface area contributed by atoms with Crippen molar-refractivity contribution in [2.24, 2.45) is 0 Å². The van der Waals surface area contributed by atoms with E-state index in [1.165, 1.54) is 14.0 Å². The smallest absolute Gasteiger partial charge is 0.337 e. The van der Waals surface area contributed by atoms with Crippen molar-refractivity contribution in [3.8, 4) is 0 Å². The molecule has 2 aromatic carbocycles. The lowest BCUT2D eigenvalue weighted by atomic mass is 10.1. The minimum Gasteiger partial charge on any atom is -0.465 e. The average molecular weight is 312 g/mol. The molecule has 0 saturated carbocycles. The van der Waals surface area contributed by atoms with E-state index < -0.39 is 5.97 Å². The van der Waals surface area contributed by atoms with E-state index in [2.05, 4.69) is 15.4 Å². The summed E-state index contributed by atoms with van der Waals surface area (Å²) < 4.78 is 4.61. The van der Waals surface area contributed by atoms with Crippen LogP contribution in [0.4, 0.5) is 11.4 Å². The maximum atomic E-state index is 12.2. The van der Waals surface area contributed by atoms with E-state index >= 15 is 0 Å². The van der Waals surface area contributed by atoms with Gasteiger partial charge < -0.3 is 15.4 Å². The highest BCUT2D eigenvalue weighted by Gasteiger charge is 2.09. The number of ether oxygens (including phenoxy) is 1. The largest absolute Gasteiger partial charge is 0.465 e. The molecule has 0 aliphatic carbocycles. The second-order valence-electron chi connectivity index (χ2n) is 4.79. The van der Waals surface area contributed by atoms with Gasteiger partial charge in [0.05, 0.1) is 12.7 Å². The zero-order valence-electron chi connectivity index (χ0n) is 12.8. The lowest BCUT2D eigenvalue weighted by Gasteiger charge is -2.08. The molecule has 0 atom stereocenters. The topological polar surface area (TPSA) is 84.5 Å². The predicted octanol–water partition coefficient (Wildman–Crippen LogP) is 2.68. The summed E-state index contributed by atoms with van der Waals surface area (Å²) in [4.78, 5) is 34.6. The fraction of sp³-hybridized carbons (Fsp3) is 0.118. The number of rotatable bonds is 4. The summed E-state index contributed by atoms with van der Waals surface area (Å²) in [5.41, 5.74) is 1.91. The van der Waals surface area contributed by atoms with Crippen molar-refractivity contribution < 1.29 is 19.1 Å². The van der Waals surface area contributed by atoms with Crippen LogP contribution in [0.2, 0.25) is 0 Å². The Morgan fingerprint density at radius 2 is 1.57 bits per heavy atom. The first kappa shape index (κ1) is 16.2. The molecule has 0 aromatic heterocycles. The number of hydrogen-bond acceptors (Lipinski definition) is 4. The molecule has 0 bridgehead atoms. The standard InChI is InChI=1S/C17H16N2O4/c1-11(20)18-15-5-3-4-13(10-15)16(21)19-14-8-6-12(7-9-14)17(22)23-2/h3-10H,1-2H3,(H,18,20)(H,19,21). The number of carbonyl (C=O) groups excluding carboxylic acids is 3. The van der Waals surface area contributed by atoms with E-state index in [9.17, 15) is 14.4 Å². The molecule has 2 amide bonds. The highest BCUT2D eigenvalue weighted by molar-refractivity contribution is 6.05. The molecule has 0 radical (unpaired) electrons. The van der Waals surface area contributed by atoms with Crippen LogP contribution in [0.25, 0.3) is 0 Å². The summed E-state index contributed by atoms with van der Waals surface area (Å²) >= 11 is 0. The second kappa shape index (κ2) is 7.22. The Balaban J connectivity index is 2.09. The summed E-state index contributed by atoms with van der Waals surface area (Å²) in [6.07, 6.45) is 0. The summed E-state index contributed by atoms with van der Waals surface area (Å²) in [5, 5.41) is 5.34. The first-order chi connectivity index (χ1) is 11.0. The van der Waals surface area contributed by atoms with Crippen LogP contribution in [0.1, 0.15) is 27.6 Å². The van der Waals surface area contributed by atoms with Crippen LogP contribution >= 0.6 is 0 Å². The van der Waals surface area contributed by atoms with Gasteiger partial charge in [-0.25, -0.2) is 4.79 Å². The SMILES string of the molecule is COC(=O)c1ccc(NC(=O)c2cccc(NC(C)=O)c2)cc1. The number of hydrogen-bond donors (Lipinski definition) is 2. The van der Waals surface area contributed by atoms with Crippen LogP contribution in [-0.2, 0) is 9.53 Å². The second-order valence-corrected chi connectivity index (χ2v) is 4.79. The Bertz CT molecular complexity index is 739. The zero-order chi connectivity index (χ0) is 16.8. The van der Waals surface area contributed by atoms with Crippen LogP contribution in [0.3, 0.4) is 0 Å². The van der Waals surface area contributed by atoms with Crippen LogP contribution in [0, 0.1) is 0 Å². The van der Waals surface area contributed by atoms with E-state index in [1.807, 2.05) is 0 Å². The Kier molecular flexibility index (Phi) is 5.09. The van der Waals surface area contributed by atoms with Crippen LogP contribution in [0.5, 0.6) is 0 Å². The lowest BCUT2D eigenvalue weighted by Crippen LogP contribution is -2.13. The highest BCUT2D eigenvalue weighted by Crippen LogP contribution is 2.15. The van der Waals surface area contributed by atoms with Crippen LogP contribution < -0.4 is 10.6 Å². The van der Waals surface area contributed by atoms with Gasteiger partial charge in [0, 0.05) is 23.9 Å². The third kappa shape index (κ3) is 4.41.